The van der Waals surface area contributed by atoms with Crippen LogP contribution in [0.15, 0.2) is 0 Å². The van der Waals surface area contributed by atoms with Crippen LogP contribution in [-0.2, 0) is 9.53 Å². The Labute approximate surface area is 107 Å². The van der Waals surface area contributed by atoms with Crippen molar-refractivity contribution >= 4 is 12.0 Å². The number of urea groups is 1. The Morgan fingerprint density at radius 3 is 2.78 bits per heavy atom. The van der Waals surface area contributed by atoms with Crippen molar-refractivity contribution in [2.24, 2.45) is 5.92 Å². The molecule has 1 aliphatic heterocycles. The molecule has 1 rings (SSSR count). The average Bonchev–Trinajstić information content (AvgIpc) is 2.82. The third-order valence-corrected chi connectivity index (χ3v) is 3.37. The van der Waals surface area contributed by atoms with E-state index in [1.807, 2.05) is 0 Å². The first kappa shape index (κ1) is 14.8. The molecule has 1 fully saturated rings. The summed E-state index contributed by atoms with van der Waals surface area (Å²) in [5, 5.41) is 11.4. The fourth-order valence-electron chi connectivity index (χ4n) is 2.10. The molecule has 0 aromatic heterocycles. The van der Waals surface area contributed by atoms with Gasteiger partial charge in [0, 0.05) is 26.7 Å². The van der Waals surface area contributed by atoms with Crippen molar-refractivity contribution in [2.45, 2.75) is 32.3 Å². The lowest BCUT2D eigenvalue weighted by molar-refractivity contribution is -0.139. The minimum atomic E-state index is -0.927. The van der Waals surface area contributed by atoms with Crippen molar-refractivity contribution in [3.63, 3.8) is 0 Å². The topological polar surface area (TPSA) is 78.9 Å². The molecule has 0 saturated carbocycles. The number of methoxy groups -OCH3 is 1. The molecule has 1 heterocycles. The van der Waals surface area contributed by atoms with E-state index in [4.69, 9.17) is 9.84 Å². The highest BCUT2D eigenvalue weighted by molar-refractivity contribution is 5.74. The van der Waals surface area contributed by atoms with Crippen molar-refractivity contribution in [1.82, 2.24) is 10.2 Å². The Morgan fingerprint density at radius 1 is 1.56 bits per heavy atom. The van der Waals surface area contributed by atoms with Gasteiger partial charge < -0.3 is 20.1 Å². The standard InChI is InChI=1S/C12H22N2O4/c1-3-9-4-5-14(8-9)12(17)13-7-10(18-2)6-11(15)16/h9-10H,3-8H2,1-2H3,(H,13,17)(H,15,16). The maximum Gasteiger partial charge on any atom is 0.317 e. The van der Waals surface area contributed by atoms with E-state index in [2.05, 4.69) is 12.2 Å². The highest BCUT2D eigenvalue weighted by Gasteiger charge is 2.25. The number of carboxylic acid groups (broad SMARTS) is 1. The summed E-state index contributed by atoms with van der Waals surface area (Å²) in [5.74, 6) is -0.337. The van der Waals surface area contributed by atoms with Gasteiger partial charge in [-0.3, -0.25) is 4.79 Å². The number of carbonyl (C=O) groups excluding carboxylic acids is 1. The second kappa shape index (κ2) is 7.20. The second-order valence-corrected chi connectivity index (χ2v) is 4.65. The molecule has 18 heavy (non-hydrogen) atoms. The van der Waals surface area contributed by atoms with Crippen LogP contribution in [0.25, 0.3) is 0 Å². The summed E-state index contributed by atoms with van der Waals surface area (Å²) in [7, 11) is 1.45. The molecular weight excluding hydrogens is 236 g/mol. The second-order valence-electron chi connectivity index (χ2n) is 4.65. The Kier molecular flexibility index (Phi) is 5.91. The summed E-state index contributed by atoms with van der Waals surface area (Å²) in [5.41, 5.74) is 0. The van der Waals surface area contributed by atoms with Crippen LogP contribution >= 0.6 is 0 Å². The van der Waals surface area contributed by atoms with Crippen LogP contribution in [0, 0.1) is 5.92 Å². The molecule has 0 aromatic rings. The van der Waals surface area contributed by atoms with E-state index in [0.29, 0.717) is 5.92 Å². The molecule has 0 spiro atoms. The number of hydrogen-bond acceptors (Lipinski definition) is 3. The molecule has 6 heteroatoms. The number of nitrogens with one attached hydrogen (secondary N) is 1. The van der Waals surface area contributed by atoms with Gasteiger partial charge in [-0.1, -0.05) is 13.3 Å². The molecule has 0 radical (unpaired) electrons. The van der Waals surface area contributed by atoms with E-state index in [1.165, 1.54) is 7.11 Å². The first-order valence-corrected chi connectivity index (χ1v) is 6.34. The van der Waals surface area contributed by atoms with Crippen LogP contribution in [0.4, 0.5) is 4.79 Å². The quantitative estimate of drug-likeness (QED) is 0.742. The lowest BCUT2D eigenvalue weighted by atomic mass is 10.1. The van der Waals surface area contributed by atoms with Gasteiger partial charge in [0.25, 0.3) is 0 Å². The molecule has 6 nitrogen and oxygen atoms in total. The molecule has 0 bridgehead atoms. The molecule has 1 saturated heterocycles. The fourth-order valence-corrected chi connectivity index (χ4v) is 2.10. The molecule has 2 atom stereocenters. The normalized spacial score (nSPS) is 20.8. The molecular formula is C12H22N2O4. The van der Waals surface area contributed by atoms with E-state index >= 15 is 0 Å². The Morgan fingerprint density at radius 2 is 2.28 bits per heavy atom. The SMILES string of the molecule is CCC1CCN(C(=O)NCC(CC(=O)O)OC)C1. The van der Waals surface area contributed by atoms with Crippen LogP contribution in [0.1, 0.15) is 26.2 Å². The largest absolute Gasteiger partial charge is 0.481 e. The minimum Gasteiger partial charge on any atom is -0.481 e. The predicted molar refractivity (Wildman–Crippen MR) is 66.4 cm³/mol. The Bertz CT molecular complexity index is 296. The Balaban J connectivity index is 2.29. The number of hydrogen-bond donors (Lipinski definition) is 2. The highest BCUT2D eigenvalue weighted by Crippen LogP contribution is 2.18. The van der Waals surface area contributed by atoms with Crippen molar-refractivity contribution in [3.8, 4) is 0 Å². The van der Waals surface area contributed by atoms with Gasteiger partial charge in [0.2, 0.25) is 0 Å². The van der Waals surface area contributed by atoms with Gasteiger partial charge in [0.15, 0.2) is 0 Å². The van der Waals surface area contributed by atoms with Crippen molar-refractivity contribution in [3.05, 3.63) is 0 Å². The highest BCUT2D eigenvalue weighted by atomic mass is 16.5. The number of aliphatic carboxylic acids is 1. The molecule has 104 valence electrons. The Hall–Kier alpha value is -1.30. The molecule has 0 aromatic carbocycles. The third-order valence-electron chi connectivity index (χ3n) is 3.37. The fraction of sp³-hybridized carbons (Fsp3) is 0.833. The van der Waals surface area contributed by atoms with Crippen LogP contribution in [0.2, 0.25) is 0 Å². The maximum atomic E-state index is 11.8. The number of amides is 2. The average molecular weight is 258 g/mol. The zero-order valence-corrected chi connectivity index (χ0v) is 11.0. The number of nitrogens with zero attached hydrogens (tertiary/aromatic N) is 1. The summed E-state index contributed by atoms with van der Waals surface area (Å²) < 4.78 is 5.00. The van der Waals surface area contributed by atoms with Gasteiger partial charge in [-0.25, -0.2) is 4.79 Å². The molecule has 1 aliphatic rings. The summed E-state index contributed by atoms with van der Waals surface area (Å²) >= 11 is 0. The van der Waals surface area contributed by atoms with E-state index < -0.39 is 12.1 Å². The number of carbonyl (C=O) groups is 2. The van der Waals surface area contributed by atoms with Gasteiger partial charge in [0.1, 0.15) is 0 Å². The van der Waals surface area contributed by atoms with E-state index in [-0.39, 0.29) is 19.0 Å². The predicted octanol–water partition coefficient (Wildman–Crippen LogP) is 0.918. The monoisotopic (exact) mass is 258 g/mol. The zero-order chi connectivity index (χ0) is 13.5. The number of likely N-dealkylation sites (tertiary alicyclic amines) is 1. The zero-order valence-electron chi connectivity index (χ0n) is 11.0. The summed E-state index contributed by atoms with van der Waals surface area (Å²) in [6, 6.07) is -0.126. The van der Waals surface area contributed by atoms with Gasteiger partial charge >= 0.3 is 12.0 Å². The van der Waals surface area contributed by atoms with Crippen molar-refractivity contribution in [2.75, 3.05) is 26.7 Å². The smallest absolute Gasteiger partial charge is 0.317 e. The van der Waals surface area contributed by atoms with Crippen LogP contribution in [0.3, 0.4) is 0 Å². The van der Waals surface area contributed by atoms with Crippen LogP contribution in [-0.4, -0.2) is 54.9 Å². The summed E-state index contributed by atoms with van der Waals surface area (Å²) in [6.07, 6.45) is 1.56. The van der Waals surface area contributed by atoms with E-state index in [1.54, 1.807) is 4.90 Å². The van der Waals surface area contributed by atoms with Crippen molar-refractivity contribution < 1.29 is 19.4 Å². The summed E-state index contributed by atoms with van der Waals surface area (Å²) in [4.78, 5) is 24.2. The molecule has 2 amide bonds. The molecule has 2 N–H and O–H groups in total. The minimum absolute atomic E-state index is 0.103. The molecule has 0 aliphatic carbocycles. The van der Waals surface area contributed by atoms with E-state index in [0.717, 1.165) is 25.9 Å². The van der Waals surface area contributed by atoms with Crippen molar-refractivity contribution in [1.29, 1.82) is 0 Å². The van der Waals surface area contributed by atoms with E-state index in [9.17, 15) is 9.59 Å². The maximum absolute atomic E-state index is 11.8. The van der Waals surface area contributed by atoms with Crippen LogP contribution < -0.4 is 5.32 Å². The summed E-state index contributed by atoms with van der Waals surface area (Å²) in [6.45, 7) is 3.93. The first-order valence-electron chi connectivity index (χ1n) is 6.34. The number of ether oxygens (including phenoxy) is 1. The lowest BCUT2D eigenvalue weighted by Gasteiger charge is -2.19. The van der Waals surface area contributed by atoms with Gasteiger partial charge in [0.05, 0.1) is 12.5 Å². The van der Waals surface area contributed by atoms with Gasteiger partial charge in [-0.2, -0.15) is 0 Å². The van der Waals surface area contributed by atoms with Crippen LogP contribution in [0.5, 0.6) is 0 Å². The van der Waals surface area contributed by atoms with Gasteiger partial charge in [-0.05, 0) is 12.3 Å². The number of carboxylic acids is 1. The first-order chi connectivity index (χ1) is 8.56. The number of rotatable bonds is 6. The third kappa shape index (κ3) is 4.52. The molecule has 2 unspecified atom stereocenters. The van der Waals surface area contributed by atoms with Gasteiger partial charge in [-0.15, -0.1) is 0 Å². The lowest BCUT2D eigenvalue weighted by Crippen LogP contribution is -2.42.